The molecule has 6 rings (SSSR count). The molecule has 48 heavy (non-hydrogen) atoms. The van der Waals surface area contributed by atoms with Crippen molar-refractivity contribution in [1.29, 1.82) is 0 Å². The van der Waals surface area contributed by atoms with Crippen LogP contribution in [0.2, 0.25) is 0 Å². The van der Waals surface area contributed by atoms with E-state index in [4.69, 9.17) is 14.2 Å². The number of benzene rings is 1. The predicted octanol–water partition coefficient (Wildman–Crippen LogP) is 1.46. The summed E-state index contributed by atoms with van der Waals surface area (Å²) in [4.78, 5) is 62.0. The molecule has 5 heterocycles. The highest BCUT2D eigenvalue weighted by atomic mass is 16.5. The SMILES string of the molecule is CC(C)C[C@H](CO)N1C(=O)[C@@H]2[C@H]3C(=O)N[C@H](c4ccccc4)COC(=O)CC/C=C\[C@H]3O[C@@]23C=CCN(CCN2CCOCC2)C(=O)[C@@H]13. The summed E-state index contributed by atoms with van der Waals surface area (Å²) in [6.07, 6.45) is 7.40. The van der Waals surface area contributed by atoms with Crippen LogP contribution in [0.3, 0.4) is 0 Å². The van der Waals surface area contributed by atoms with Crippen LogP contribution in [0.15, 0.2) is 54.6 Å². The smallest absolute Gasteiger partial charge is 0.306 e. The van der Waals surface area contributed by atoms with Gasteiger partial charge in [-0.2, -0.15) is 0 Å². The molecule has 0 radical (unpaired) electrons. The van der Waals surface area contributed by atoms with E-state index in [1.165, 1.54) is 4.90 Å². The molecule has 0 aliphatic carbocycles. The minimum Gasteiger partial charge on any atom is -0.463 e. The van der Waals surface area contributed by atoms with Crippen molar-refractivity contribution in [3.63, 3.8) is 0 Å². The quantitative estimate of drug-likeness (QED) is 0.313. The molecule has 5 aliphatic heterocycles. The van der Waals surface area contributed by atoms with E-state index in [9.17, 15) is 24.3 Å². The van der Waals surface area contributed by atoms with Gasteiger partial charge in [0, 0.05) is 39.1 Å². The second-order valence-corrected chi connectivity index (χ2v) is 13.8. The summed E-state index contributed by atoms with van der Waals surface area (Å²) < 4.78 is 17.9. The van der Waals surface area contributed by atoms with E-state index in [0.29, 0.717) is 45.7 Å². The van der Waals surface area contributed by atoms with Gasteiger partial charge in [0.05, 0.1) is 49.8 Å². The molecule has 1 aromatic rings. The van der Waals surface area contributed by atoms with Gasteiger partial charge in [0.25, 0.3) is 0 Å². The summed E-state index contributed by atoms with van der Waals surface area (Å²) in [7, 11) is 0. The number of amides is 3. The molecule has 3 amide bonds. The molecule has 0 bridgehead atoms. The predicted molar refractivity (Wildman–Crippen MR) is 175 cm³/mol. The van der Waals surface area contributed by atoms with Gasteiger partial charge in [0.1, 0.15) is 18.2 Å². The zero-order valence-corrected chi connectivity index (χ0v) is 27.9. The molecule has 1 spiro atoms. The molecule has 1 aromatic carbocycles. The zero-order chi connectivity index (χ0) is 33.8. The molecule has 260 valence electrons. The summed E-state index contributed by atoms with van der Waals surface area (Å²) >= 11 is 0. The van der Waals surface area contributed by atoms with Gasteiger partial charge in [-0.05, 0) is 24.3 Å². The monoisotopic (exact) mass is 664 g/mol. The number of carbonyl (C=O) groups is 4. The van der Waals surface area contributed by atoms with Crippen LogP contribution >= 0.6 is 0 Å². The third kappa shape index (κ3) is 6.80. The first-order valence-corrected chi connectivity index (χ1v) is 17.3. The number of rotatable bonds is 8. The van der Waals surface area contributed by atoms with E-state index in [2.05, 4.69) is 10.2 Å². The summed E-state index contributed by atoms with van der Waals surface area (Å²) in [6, 6.07) is 6.91. The van der Waals surface area contributed by atoms with Crippen LogP contribution in [0.1, 0.15) is 44.7 Å². The van der Waals surface area contributed by atoms with Crippen LogP contribution in [-0.4, -0.2) is 126 Å². The number of hydrogen-bond donors (Lipinski definition) is 2. The Morgan fingerprint density at radius 2 is 1.79 bits per heavy atom. The highest BCUT2D eigenvalue weighted by Gasteiger charge is 2.72. The number of morpholine rings is 1. The number of cyclic esters (lactones) is 1. The number of nitrogens with one attached hydrogen (secondary N) is 1. The number of esters is 1. The van der Waals surface area contributed by atoms with Gasteiger partial charge in [0.15, 0.2) is 0 Å². The molecule has 0 unspecified atom stereocenters. The minimum absolute atomic E-state index is 0.0630. The lowest BCUT2D eigenvalue weighted by Crippen LogP contribution is -2.59. The average molecular weight is 665 g/mol. The van der Waals surface area contributed by atoms with E-state index in [-0.39, 0.29) is 43.3 Å². The number of aliphatic hydroxyl groups excluding tert-OH is 1. The second-order valence-electron chi connectivity index (χ2n) is 13.8. The Kier molecular flexibility index (Phi) is 10.6. The fraction of sp³-hybridized carbons (Fsp3) is 0.611. The van der Waals surface area contributed by atoms with E-state index < -0.39 is 47.6 Å². The van der Waals surface area contributed by atoms with Crippen LogP contribution in [0.5, 0.6) is 0 Å². The Morgan fingerprint density at radius 1 is 1.02 bits per heavy atom. The molecule has 3 saturated heterocycles. The lowest BCUT2D eigenvalue weighted by Gasteiger charge is -2.39. The number of nitrogens with zero attached hydrogens (tertiary/aromatic N) is 3. The van der Waals surface area contributed by atoms with Gasteiger partial charge in [-0.25, -0.2) is 0 Å². The first kappa shape index (κ1) is 34.3. The maximum Gasteiger partial charge on any atom is 0.306 e. The van der Waals surface area contributed by atoms with Crippen LogP contribution in [0.4, 0.5) is 0 Å². The summed E-state index contributed by atoms with van der Waals surface area (Å²) in [5, 5.41) is 13.7. The summed E-state index contributed by atoms with van der Waals surface area (Å²) in [6.45, 7) is 7.95. The Morgan fingerprint density at radius 3 is 2.52 bits per heavy atom. The largest absolute Gasteiger partial charge is 0.463 e. The molecule has 0 aromatic heterocycles. The normalized spacial score (nSPS) is 32.8. The highest BCUT2D eigenvalue weighted by Crippen LogP contribution is 2.53. The fourth-order valence-electron chi connectivity index (χ4n) is 7.93. The van der Waals surface area contributed by atoms with Crippen molar-refractivity contribution in [2.45, 2.75) is 62.9 Å². The van der Waals surface area contributed by atoms with E-state index in [0.717, 1.165) is 18.7 Å². The first-order valence-electron chi connectivity index (χ1n) is 17.3. The topological polar surface area (TPSA) is 138 Å². The maximum atomic E-state index is 14.8. The third-order valence-electron chi connectivity index (χ3n) is 10.2. The van der Waals surface area contributed by atoms with Crippen LogP contribution in [-0.2, 0) is 33.4 Å². The Labute approximate surface area is 282 Å². The van der Waals surface area contributed by atoms with Crippen LogP contribution in [0.25, 0.3) is 0 Å². The molecule has 0 saturated carbocycles. The minimum atomic E-state index is -1.43. The number of likely N-dealkylation sites (tertiary alicyclic amines) is 1. The van der Waals surface area contributed by atoms with Gasteiger partial charge in [-0.1, -0.05) is 68.5 Å². The standard InChI is InChI=1S/C36H48N4O8/c1-24(2)21-26(22-41)40-32-35(45)39(16-15-38-17-19-46-20-18-38)14-8-13-36(32)31(34(40)44)30-28(48-36)11-6-7-12-29(42)47-23-27(37-33(30)43)25-9-4-3-5-10-25/h3-6,8-11,13,24,26-28,30-32,41H,7,12,14-23H2,1-2H3,(H,37,43)/b11-6-/t26-,27+,28-,30+,31+,32-,36+/m1/s1. The molecule has 12 heteroatoms. The fourth-order valence-corrected chi connectivity index (χ4v) is 7.93. The molecule has 3 fully saturated rings. The van der Waals surface area contributed by atoms with Crippen molar-refractivity contribution < 1.29 is 38.5 Å². The van der Waals surface area contributed by atoms with Crippen molar-refractivity contribution >= 4 is 23.7 Å². The number of fused-ring (bicyclic) bond motifs is 2. The second kappa shape index (κ2) is 14.9. The Balaban J connectivity index is 1.38. The Hall–Kier alpha value is -3.58. The van der Waals surface area contributed by atoms with Gasteiger partial charge in [-0.3, -0.25) is 24.1 Å². The summed E-state index contributed by atoms with van der Waals surface area (Å²) in [5.74, 6) is -3.29. The van der Waals surface area contributed by atoms with Crippen molar-refractivity contribution in [2.24, 2.45) is 17.8 Å². The molecular formula is C36H48N4O8. The molecular weight excluding hydrogens is 616 g/mol. The highest BCUT2D eigenvalue weighted by molar-refractivity contribution is 6.00. The van der Waals surface area contributed by atoms with E-state index in [1.54, 1.807) is 17.1 Å². The van der Waals surface area contributed by atoms with Crippen molar-refractivity contribution in [2.75, 3.05) is 59.2 Å². The van der Waals surface area contributed by atoms with Crippen molar-refractivity contribution in [3.8, 4) is 0 Å². The van der Waals surface area contributed by atoms with Crippen molar-refractivity contribution in [1.82, 2.24) is 20.0 Å². The van der Waals surface area contributed by atoms with Gasteiger partial charge in [-0.15, -0.1) is 0 Å². The number of hydrogen-bond acceptors (Lipinski definition) is 9. The Bertz CT molecular complexity index is 1400. The first-order chi connectivity index (χ1) is 23.2. The zero-order valence-electron chi connectivity index (χ0n) is 27.9. The number of carbonyl (C=O) groups excluding carboxylic acids is 4. The molecule has 7 atom stereocenters. The van der Waals surface area contributed by atoms with Crippen LogP contribution in [0, 0.1) is 17.8 Å². The third-order valence-corrected chi connectivity index (χ3v) is 10.2. The lowest BCUT2D eigenvalue weighted by atomic mass is 9.77. The molecule has 12 nitrogen and oxygen atoms in total. The van der Waals surface area contributed by atoms with E-state index in [1.807, 2.05) is 56.3 Å². The van der Waals surface area contributed by atoms with Gasteiger partial charge in [0.2, 0.25) is 17.7 Å². The van der Waals surface area contributed by atoms with Crippen LogP contribution < -0.4 is 5.32 Å². The molecule has 5 aliphatic rings. The summed E-state index contributed by atoms with van der Waals surface area (Å²) in [5.41, 5.74) is -0.677. The molecule has 2 N–H and O–H groups in total. The number of aliphatic hydroxyl groups is 1. The number of ether oxygens (including phenoxy) is 3. The van der Waals surface area contributed by atoms with Gasteiger partial charge >= 0.3 is 5.97 Å². The van der Waals surface area contributed by atoms with Crippen molar-refractivity contribution in [3.05, 3.63) is 60.2 Å². The average Bonchev–Trinajstić information content (AvgIpc) is 3.48. The lowest BCUT2D eigenvalue weighted by molar-refractivity contribution is -0.151. The van der Waals surface area contributed by atoms with E-state index >= 15 is 0 Å². The van der Waals surface area contributed by atoms with Gasteiger partial charge < -0.3 is 34.4 Å². The maximum absolute atomic E-state index is 14.8. The number of allylic oxidation sites excluding steroid dienone is 1.